The lowest BCUT2D eigenvalue weighted by atomic mass is 10.2. The van der Waals surface area contributed by atoms with E-state index >= 15 is 0 Å². The smallest absolute Gasteiger partial charge is 0.305 e. The predicted octanol–water partition coefficient (Wildman–Crippen LogP) is 5.92. The molecule has 0 aromatic rings. The standard InChI is InChI=1S/C20H32O2/c1-3-5-6-7-8-9-10-11-12-13-14-15-16-17-18-19-20(21)22-4-2/h5-6,8-9,11-12,14-15H,3-4,7,10,13,16-19H2,1-2H3. The van der Waals surface area contributed by atoms with Crippen LogP contribution in [0.3, 0.4) is 0 Å². The van der Waals surface area contributed by atoms with Crippen molar-refractivity contribution in [1.82, 2.24) is 0 Å². The largest absolute Gasteiger partial charge is 0.466 e. The van der Waals surface area contributed by atoms with Gasteiger partial charge in [0, 0.05) is 6.42 Å². The minimum Gasteiger partial charge on any atom is -0.466 e. The summed E-state index contributed by atoms with van der Waals surface area (Å²) in [6.45, 7) is 4.47. The van der Waals surface area contributed by atoms with Gasteiger partial charge in [-0.1, -0.05) is 55.5 Å². The lowest BCUT2D eigenvalue weighted by Crippen LogP contribution is -2.02. The quantitative estimate of drug-likeness (QED) is 0.240. The topological polar surface area (TPSA) is 26.3 Å². The average molecular weight is 304 g/mol. The highest BCUT2D eigenvalue weighted by Crippen LogP contribution is 2.03. The molecule has 0 bridgehead atoms. The van der Waals surface area contributed by atoms with Crippen LogP contribution in [0.5, 0.6) is 0 Å². The van der Waals surface area contributed by atoms with Gasteiger partial charge in [-0.15, -0.1) is 0 Å². The monoisotopic (exact) mass is 304 g/mol. The third kappa shape index (κ3) is 16.5. The zero-order valence-corrected chi connectivity index (χ0v) is 14.3. The Balaban J connectivity index is 3.41. The Hall–Kier alpha value is -1.57. The van der Waals surface area contributed by atoms with Crippen LogP contribution >= 0.6 is 0 Å². The van der Waals surface area contributed by atoms with Gasteiger partial charge in [0.15, 0.2) is 0 Å². The van der Waals surface area contributed by atoms with E-state index in [2.05, 4.69) is 55.5 Å². The fourth-order valence-corrected chi connectivity index (χ4v) is 1.86. The molecule has 0 N–H and O–H groups in total. The summed E-state index contributed by atoms with van der Waals surface area (Å²) in [5.74, 6) is -0.0762. The Morgan fingerprint density at radius 2 is 1.32 bits per heavy atom. The lowest BCUT2D eigenvalue weighted by molar-refractivity contribution is -0.143. The normalized spacial score (nSPS) is 12.3. The first-order valence-electron chi connectivity index (χ1n) is 8.56. The van der Waals surface area contributed by atoms with E-state index in [1.165, 1.54) is 0 Å². The van der Waals surface area contributed by atoms with E-state index in [0.29, 0.717) is 13.0 Å². The summed E-state index contributed by atoms with van der Waals surface area (Å²) in [5.41, 5.74) is 0. The minimum absolute atomic E-state index is 0.0762. The van der Waals surface area contributed by atoms with Gasteiger partial charge in [0.1, 0.15) is 0 Å². The number of carbonyl (C=O) groups is 1. The maximum Gasteiger partial charge on any atom is 0.305 e. The van der Waals surface area contributed by atoms with Crippen molar-refractivity contribution in [3.05, 3.63) is 48.6 Å². The third-order valence-electron chi connectivity index (χ3n) is 3.03. The molecule has 0 aromatic carbocycles. The van der Waals surface area contributed by atoms with Gasteiger partial charge in [0.2, 0.25) is 0 Å². The van der Waals surface area contributed by atoms with Crippen molar-refractivity contribution >= 4 is 5.97 Å². The second kappa shape index (κ2) is 17.5. The van der Waals surface area contributed by atoms with Crippen molar-refractivity contribution in [2.24, 2.45) is 0 Å². The van der Waals surface area contributed by atoms with Gasteiger partial charge in [-0.3, -0.25) is 4.79 Å². The van der Waals surface area contributed by atoms with E-state index in [-0.39, 0.29) is 5.97 Å². The molecule has 2 heteroatoms. The zero-order chi connectivity index (χ0) is 16.3. The molecular formula is C20H32O2. The van der Waals surface area contributed by atoms with Crippen LogP contribution in [0.1, 0.15) is 65.2 Å². The van der Waals surface area contributed by atoms with Gasteiger partial charge in [0.05, 0.1) is 6.61 Å². The summed E-state index contributed by atoms with van der Waals surface area (Å²) in [5, 5.41) is 0. The molecule has 0 aliphatic rings. The van der Waals surface area contributed by atoms with Gasteiger partial charge in [-0.25, -0.2) is 0 Å². The van der Waals surface area contributed by atoms with Crippen molar-refractivity contribution in [2.45, 2.75) is 65.2 Å². The first-order valence-corrected chi connectivity index (χ1v) is 8.56. The van der Waals surface area contributed by atoms with Crippen LogP contribution in [-0.2, 0) is 9.53 Å². The Morgan fingerprint density at radius 3 is 1.86 bits per heavy atom. The SMILES string of the molecule is CCC=CCC=CCC=CCC=CCCCCC(=O)OCC. The maximum atomic E-state index is 11.1. The highest BCUT2D eigenvalue weighted by Gasteiger charge is 1.99. The Morgan fingerprint density at radius 1 is 0.773 bits per heavy atom. The van der Waals surface area contributed by atoms with Gasteiger partial charge in [0.25, 0.3) is 0 Å². The zero-order valence-electron chi connectivity index (χ0n) is 14.3. The van der Waals surface area contributed by atoms with Gasteiger partial charge >= 0.3 is 5.97 Å². The highest BCUT2D eigenvalue weighted by molar-refractivity contribution is 5.69. The number of hydrogen-bond acceptors (Lipinski definition) is 2. The molecule has 2 nitrogen and oxygen atoms in total. The van der Waals surface area contributed by atoms with Crippen LogP contribution < -0.4 is 0 Å². The molecule has 0 unspecified atom stereocenters. The van der Waals surface area contributed by atoms with Crippen molar-refractivity contribution in [3.63, 3.8) is 0 Å². The number of allylic oxidation sites excluding steroid dienone is 8. The third-order valence-corrected chi connectivity index (χ3v) is 3.03. The van der Waals surface area contributed by atoms with Crippen LogP contribution in [0.2, 0.25) is 0 Å². The molecule has 0 aromatic heterocycles. The molecule has 0 atom stereocenters. The highest BCUT2D eigenvalue weighted by atomic mass is 16.5. The first kappa shape index (κ1) is 20.4. The number of carbonyl (C=O) groups excluding carboxylic acids is 1. The molecule has 0 fully saturated rings. The summed E-state index contributed by atoms with van der Waals surface area (Å²) in [6, 6.07) is 0. The fourth-order valence-electron chi connectivity index (χ4n) is 1.86. The van der Waals surface area contributed by atoms with Crippen LogP contribution in [-0.4, -0.2) is 12.6 Å². The van der Waals surface area contributed by atoms with Crippen molar-refractivity contribution in [2.75, 3.05) is 6.61 Å². The predicted molar refractivity (Wildman–Crippen MR) is 95.8 cm³/mol. The molecule has 22 heavy (non-hydrogen) atoms. The van der Waals surface area contributed by atoms with E-state index < -0.39 is 0 Å². The van der Waals surface area contributed by atoms with E-state index in [1.807, 2.05) is 6.92 Å². The summed E-state index contributed by atoms with van der Waals surface area (Å²) in [6.07, 6.45) is 25.3. The lowest BCUT2D eigenvalue weighted by Gasteiger charge is -1.99. The summed E-state index contributed by atoms with van der Waals surface area (Å²) >= 11 is 0. The molecule has 0 amide bonds. The Kier molecular flexibility index (Phi) is 16.2. The molecule has 0 aliphatic heterocycles. The van der Waals surface area contributed by atoms with Gasteiger partial charge in [-0.05, 0) is 51.9 Å². The van der Waals surface area contributed by atoms with E-state index in [1.54, 1.807) is 0 Å². The molecular weight excluding hydrogens is 272 g/mol. The second-order valence-corrected chi connectivity index (χ2v) is 5.05. The average Bonchev–Trinajstić information content (AvgIpc) is 2.51. The molecule has 0 saturated carbocycles. The minimum atomic E-state index is -0.0762. The van der Waals surface area contributed by atoms with Gasteiger partial charge < -0.3 is 4.74 Å². The number of ether oxygens (including phenoxy) is 1. The van der Waals surface area contributed by atoms with Gasteiger partial charge in [-0.2, -0.15) is 0 Å². The molecule has 0 rings (SSSR count). The van der Waals surface area contributed by atoms with E-state index in [0.717, 1.165) is 44.9 Å². The Labute approximate surface area is 136 Å². The first-order chi connectivity index (χ1) is 10.8. The van der Waals surface area contributed by atoms with E-state index in [9.17, 15) is 4.79 Å². The molecule has 0 radical (unpaired) electrons. The Bertz CT molecular complexity index is 362. The van der Waals surface area contributed by atoms with Crippen molar-refractivity contribution < 1.29 is 9.53 Å². The molecule has 0 heterocycles. The summed E-state index contributed by atoms with van der Waals surface area (Å²) in [4.78, 5) is 11.1. The number of unbranched alkanes of at least 4 members (excludes halogenated alkanes) is 2. The summed E-state index contributed by atoms with van der Waals surface area (Å²) in [7, 11) is 0. The fraction of sp³-hybridized carbons (Fsp3) is 0.550. The number of esters is 1. The second-order valence-electron chi connectivity index (χ2n) is 5.05. The van der Waals surface area contributed by atoms with Crippen molar-refractivity contribution in [3.8, 4) is 0 Å². The maximum absolute atomic E-state index is 11.1. The molecule has 0 spiro atoms. The van der Waals surface area contributed by atoms with E-state index in [4.69, 9.17) is 4.74 Å². The summed E-state index contributed by atoms with van der Waals surface area (Å²) < 4.78 is 4.89. The number of hydrogen-bond donors (Lipinski definition) is 0. The molecule has 0 aliphatic carbocycles. The molecule has 0 saturated heterocycles. The van der Waals surface area contributed by atoms with Crippen LogP contribution in [0.25, 0.3) is 0 Å². The van der Waals surface area contributed by atoms with Crippen LogP contribution in [0, 0.1) is 0 Å². The molecule has 124 valence electrons. The van der Waals surface area contributed by atoms with Crippen LogP contribution in [0.15, 0.2) is 48.6 Å². The number of rotatable bonds is 13. The van der Waals surface area contributed by atoms with Crippen molar-refractivity contribution in [1.29, 1.82) is 0 Å². The van der Waals surface area contributed by atoms with Crippen LogP contribution in [0.4, 0.5) is 0 Å².